The van der Waals surface area contributed by atoms with Crippen LogP contribution in [0.25, 0.3) is 17.0 Å². The molecule has 2 aliphatic heterocycles. The number of hydrogen-bond donors (Lipinski definition) is 1. The first-order chi connectivity index (χ1) is 17.1. The summed E-state index contributed by atoms with van der Waals surface area (Å²) in [6.45, 7) is 1.74. The normalized spacial score (nSPS) is 18.6. The van der Waals surface area contributed by atoms with Crippen LogP contribution in [0.1, 0.15) is 16.7 Å². The summed E-state index contributed by atoms with van der Waals surface area (Å²) < 4.78 is 41.9. The quantitative estimate of drug-likeness (QED) is 0.468. The number of alkyl halides is 3. The Morgan fingerprint density at radius 3 is 2.64 bits per heavy atom. The van der Waals surface area contributed by atoms with Gasteiger partial charge in [0.25, 0.3) is 11.1 Å². The van der Waals surface area contributed by atoms with Gasteiger partial charge in [0.15, 0.2) is 0 Å². The van der Waals surface area contributed by atoms with E-state index in [2.05, 4.69) is 5.10 Å². The predicted octanol–water partition coefficient (Wildman–Crippen LogP) is 4.47. The third-order valence-electron chi connectivity index (χ3n) is 6.11. The Morgan fingerprint density at radius 2 is 1.92 bits per heavy atom. The molecule has 0 unspecified atom stereocenters. The molecule has 0 radical (unpaired) electrons. The van der Waals surface area contributed by atoms with Crippen molar-refractivity contribution in [1.29, 1.82) is 0 Å². The van der Waals surface area contributed by atoms with Crippen molar-refractivity contribution in [2.75, 3.05) is 26.2 Å². The molecule has 5 rings (SSSR count). The van der Waals surface area contributed by atoms with Crippen molar-refractivity contribution in [2.45, 2.75) is 18.8 Å². The molecule has 0 atom stereocenters. The number of amides is 2. The van der Waals surface area contributed by atoms with Gasteiger partial charge in [-0.3, -0.25) is 24.1 Å². The number of likely N-dealkylation sites (tertiary alicyclic amines) is 1. The summed E-state index contributed by atoms with van der Waals surface area (Å²) >= 11 is 6.64. The van der Waals surface area contributed by atoms with E-state index in [0.29, 0.717) is 41.0 Å². The van der Waals surface area contributed by atoms with E-state index in [-0.39, 0.29) is 40.9 Å². The minimum Gasteiger partial charge on any atom is -0.390 e. The third-order valence-corrected chi connectivity index (χ3v) is 7.25. The molecule has 0 saturated carbocycles. The number of benzene rings is 2. The Morgan fingerprint density at radius 1 is 1.14 bits per heavy atom. The molecule has 188 valence electrons. The number of carbonyl (C=O) groups is 2. The average Bonchev–Trinajstić information content (AvgIpc) is 3.31. The minimum absolute atomic E-state index is 0.00444. The first-order valence-electron chi connectivity index (χ1n) is 11.1. The number of imide groups is 1. The minimum atomic E-state index is -4.55. The van der Waals surface area contributed by atoms with Crippen molar-refractivity contribution in [3.05, 3.63) is 69.2 Å². The fourth-order valence-electron chi connectivity index (χ4n) is 4.24. The van der Waals surface area contributed by atoms with Crippen molar-refractivity contribution in [2.24, 2.45) is 0 Å². The molecule has 0 aliphatic carbocycles. The van der Waals surface area contributed by atoms with Crippen molar-refractivity contribution in [3.63, 3.8) is 0 Å². The van der Waals surface area contributed by atoms with Gasteiger partial charge in [0.2, 0.25) is 0 Å². The number of fused-ring (bicyclic) bond motifs is 1. The molecule has 7 nitrogen and oxygen atoms in total. The number of halogens is 4. The smallest absolute Gasteiger partial charge is 0.390 e. The highest BCUT2D eigenvalue weighted by Crippen LogP contribution is 2.35. The number of rotatable bonds is 6. The number of nitrogens with zero attached hydrogens (tertiary/aromatic N) is 4. The molecule has 2 aliphatic rings. The van der Waals surface area contributed by atoms with Crippen molar-refractivity contribution in [1.82, 2.24) is 19.6 Å². The second-order valence-electron chi connectivity index (χ2n) is 8.67. The van der Waals surface area contributed by atoms with Gasteiger partial charge in [0.05, 0.1) is 34.8 Å². The van der Waals surface area contributed by atoms with Crippen LogP contribution in [0, 0.1) is 0 Å². The molecule has 2 aromatic carbocycles. The number of aromatic nitrogens is 2. The van der Waals surface area contributed by atoms with Gasteiger partial charge in [-0.05, 0) is 53.2 Å². The maximum absolute atomic E-state index is 13.5. The average molecular weight is 537 g/mol. The SMILES string of the molecule is O=C1SC(=Cc2ccc3c(cnn3Cc3ccc(Cl)cc3C(F)(F)F)c2)C(=O)N1CCN1CC(O)C1. The maximum atomic E-state index is 13.5. The molecule has 36 heavy (non-hydrogen) atoms. The molecular formula is C24H20ClF3N4O3S. The Hall–Kier alpha value is -2.86. The Kier molecular flexibility index (Phi) is 6.58. The van der Waals surface area contributed by atoms with E-state index >= 15 is 0 Å². The largest absolute Gasteiger partial charge is 0.416 e. The number of thioether (sulfide) groups is 1. The molecule has 1 aromatic heterocycles. The second kappa shape index (κ2) is 9.55. The summed E-state index contributed by atoms with van der Waals surface area (Å²) in [6.07, 6.45) is -1.73. The summed E-state index contributed by atoms with van der Waals surface area (Å²) in [5, 5.41) is 14.0. The van der Waals surface area contributed by atoms with Crippen molar-refractivity contribution in [3.8, 4) is 0 Å². The fourth-order valence-corrected chi connectivity index (χ4v) is 5.28. The lowest BCUT2D eigenvalue weighted by Crippen LogP contribution is -2.53. The zero-order valence-electron chi connectivity index (χ0n) is 18.7. The number of aliphatic hydroxyl groups is 1. The Bertz CT molecular complexity index is 1380. The molecule has 1 N–H and O–H groups in total. The van der Waals surface area contributed by atoms with Gasteiger partial charge >= 0.3 is 6.18 Å². The number of carbonyl (C=O) groups excluding carboxylic acids is 2. The summed E-state index contributed by atoms with van der Waals surface area (Å²) in [6, 6.07) is 8.86. The van der Waals surface area contributed by atoms with E-state index in [1.807, 2.05) is 4.90 Å². The van der Waals surface area contributed by atoms with Gasteiger partial charge in [-0.15, -0.1) is 0 Å². The lowest BCUT2D eigenvalue weighted by molar-refractivity contribution is -0.138. The highest BCUT2D eigenvalue weighted by Gasteiger charge is 2.36. The molecule has 0 bridgehead atoms. The lowest BCUT2D eigenvalue weighted by atomic mass is 10.1. The van der Waals surface area contributed by atoms with Crippen LogP contribution in [-0.4, -0.2) is 68.1 Å². The Labute approximate surface area is 213 Å². The van der Waals surface area contributed by atoms with Crippen molar-refractivity contribution >= 4 is 51.5 Å². The van der Waals surface area contributed by atoms with Gasteiger partial charge in [0.1, 0.15) is 0 Å². The standard InChI is InChI=1S/C24H20ClF3N4O3S/c25-17-3-2-15(19(9-17)24(26,27)28)11-32-20-4-1-14(7-16(20)10-29-32)8-21-22(34)31(23(35)36-21)6-5-30-12-18(33)13-30/h1-4,7-10,18,33H,5-6,11-13H2. The van der Waals surface area contributed by atoms with Gasteiger partial charge in [-0.2, -0.15) is 18.3 Å². The van der Waals surface area contributed by atoms with E-state index in [9.17, 15) is 27.9 Å². The first kappa shape index (κ1) is 24.8. The molecule has 0 spiro atoms. The second-order valence-corrected chi connectivity index (χ2v) is 10.1. The molecule has 2 amide bonds. The predicted molar refractivity (Wildman–Crippen MR) is 130 cm³/mol. The first-order valence-corrected chi connectivity index (χ1v) is 12.2. The van der Waals surface area contributed by atoms with Gasteiger partial charge in [0, 0.05) is 36.6 Å². The van der Waals surface area contributed by atoms with Crippen LogP contribution in [0.4, 0.5) is 18.0 Å². The fraction of sp³-hybridized carbons (Fsp3) is 0.292. The molecular weight excluding hydrogens is 517 g/mol. The number of aliphatic hydroxyl groups excluding tert-OH is 1. The summed E-state index contributed by atoms with van der Waals surface area (Å²) in [5.41, 5.74) is 0.527. The summed E-state index contributed by atoms with van der Waals surface area (Å²) in [5.74, 6) is -0.371. The highest BCUT2D eigenvalue weighted by molar-refractivity contribution is 8.18. The van der Waals surface area contributed by atoms with Gasteiger partial charge < -0.3 is 5.11 Å². The summed E-state index contributed by atoms with van der Waals surface area (Å²) in [4.78, 5) is 28.5. The van der Waals surface area contributed by atoms with Gasteiger partial charge in [-0.25, -0.2) is 0 Å². The molecule has 12 heteroatoms. The van der Waals surface area contributed by atoms with Crippen LogP contribution < -0.4 is 0 Å². The van der Waals surface area contributed by atoms with Crippen LogP contribution in [0.3, 0.4) is 0 Å². The van der Waals surface area contributed by atoms with Crippen LogP contribution in [-0.2, 0) is 17.5 Å². The van der Waals surface area contributed by atoms with Crippen LogP contribution in [0.5, 0.6) is 0 Å². The summed E-state index contributed by atoms with van der Waals surface area (Å²) in [7, 11) is 0. The van der Waals surface area contributed by atoms with E-state index < -0.39 is 11.7 Å². The molecule has 2 saturated heterocycles. The molecule has 2 fully saturated rings. The van der Waals surface area contributed by atoms with Crippen molar-refractivity contribution < 1.29 is 27.9 Å². The van der Waals surface area contributed by atoms with Crippen LogP contribution in [0.15, 0.2) is 47.5 Å². The lowest BCUT2D eigenvalue weighted by Gasteiger charge is -2.36. The maximum Gasteiger partial charge on any atom is 0.416 e. The highest BCUT2D eigenvalue weighted by atomic mass is 35.5. The van der Waals surface area contributed by atoms with E-state index in [1.165, 1.54) is 21.7 Å². The number of β-amino-alcohol motifs (C(OH)–C–C–N with tert-alkyl or cyclic N) is 1. The van der Waals surface area contributed by atoms with E-state index in [4.69, 9.17) is 11.6 Å². The van der Waals surface area contributed by atoms with Crippen LogP contribution >= 0.6 is 23.4 Å². The van der Waals surface area contributed by atoms with E-state index in [1.54, 1.807) is 30.5 Å². The van der Waals surface area contributed by atoms with E-state index in [0.717, 1.165) is 17.8 Å². The zero-order valence-corrected chi connectivity index (χ0v) is 20.3. The topological polar surface area (TPSA) is 78.7 Å². The monoisotopic (exact) mass is 536 g/mol. The molecule has 3 heterocycles. The number of hydrogen-bond acceptors (Lipinski definition) is 6. The molecule has 3 aromatic rings. The van der Waals surface area contributed by atoms with Crippen LogP contribution in [0.2, 0.25) is 5.02 Å². The van der Waals surface area contributed by atoms with Gasteiger partial charge in [-0.1, -0.05) is 23.7 Å². The zero-order chi connectivity index (χ0) is 25.6. The third kappa shape index (κ3) is 5.01. The Balaban J connectivity index is 1.33.